The van der Waals surface area contributed by atoms with E-state index in [2.05, 4.69) is 0 Å². The smallest absolute Gasteiger partial charge is 0.231 e. The zero-order valence-electron chi connectivity index (χ0n) is 16.1. The van der Waals surface area contributed by atoms with Crippen LogP contribution in [-0.2, 0) is 14.2 Å². The van der Waals surface area contributed by atoms with Gasteiger partial charge in [0, 0.05) is 30.1 Å². The van der Waals surface area contributed by atoms with Gasteiger partial charge in [0.05, 0.1) is 18.8 Å². The summed E-state index contributed by atoms with van der Waals surface area (Å²) in [6, 6.07) is 7.06. The zero-order chi connectivity index (χ0) is 20.4. The van der Waals surface area contributed by atoms with Gasteiger partial charge in [0.15, 0.2) is 29.3 Å². The lowest BCUT2D eigenvalue weighted by molar-refractivity contribution is -0.153. The van der Waals surface area contributed by atoms with E-state index < -0.39 is 18.5 Å². The van der Waals surface area contributed by atoms with Gasteiger partial charge in [-0.05, 0) is 24.3 Å². The molecule has 2 fully saturated rings. The Hall–Kier alpha value is -2.88. The summed E-state index contributed by atoms with van der Waals surface area (Å²) in [5, 5.41) is 21.5. The summed E-state index contributed by atoms with van der Waals surface area (Å²) in [4.78, 5) is 0. The largest absolute Gasteiger partial charge is 0.504 e. The van der Waals surface area contributed by atoms with Crippen LogP contribution < -0.4 is 18.9 Å². The highest BCUT2D eigenvalue weighted by Crippen LogP contribution is 2.58. The van der Waals surface area contributed by atoms with Gasteiger partial charge in [0.1, 0.15) is 0 Å². The van der Waals surface area contributed by atoms with Crippen molar-refractivity contribution in [2.24, 2.45) is 11.8 Å². The average Bonchev–Trinajstić information content (AvgIpc) is 3.52. The predicted octanol–water partition coefficient (Wildman–Crippen LogP) is 2.60. The van der Waals surface area contributed by atoms with Crippen molar-refractivity contribution in [3.8, 4) is 34.5 Å². The first-order valence-corrected chi connectivity index (χ1v) is 9.70. The summed E-state index contributed by atoms with van der Waals surface area (Å²) in [5.74, 6) is 1.33. The first kappa shape index (κ1) is 17.9. The van der Waals surface area contributed by atoms with E-state index in [-0.39, 0.29) is 36.9 Å². The van der Waals surface area contributed by atoms with Crippen molar-refractivity contribution in [2.45, 2.75) is 18.5 Å². The van der Waals surface area contributed by atoms with Gasteiger partial charge in [-0.15, -0.1) is 0 Å². The van der Waals surface area contributed by atoms with Crippen LogP contribution in [0.2, 0.25) is 0 Å². The highest BCUT2D eigenvalue weighted by Gasteiger charge is 2.55. The Kier molecular flexibility index (Phi) is 3.92. The van der Waals surface area contributed by atoms with Crippen molar-refractivity contribution in [1.29, 1.82) is 0 Å². The molecule has 0 saturated carbocycles. The first-order chi connectivity index (χ1) is 14.7. The Balaban J connectivity index is 1.36. The molecule has 9 nitrogen and oxygen atoms in total. The second-order valence-electron chi connectivity index (χ2n) is 7.63. The zero-order valence-corrected chi connectivity index (χ0v) is 16.1. The van der Waals surface area contributed by atoms with Gasteiger partial charge < -0.3 is 43.4 Å². The van der Waals surface area contributed by atoms with Crippen molar-refractivity contribution < 1.29 is 43.4 Å². The molecule has 4 aliphatic rings. The third-order valence-electron chi connectivity index (χ3n) is 6.23. The molecule has 0 bridgehead atoms. The predicted molar refractivity (Wildman–Crippen MR) is 98.8 cm³/mol. The van der Waals surface area contributed by atoms with Crippen molar-refractivity contribution in [2.75, 3.05) is 27.3 Å². The Morgan fingerprint density at radius 1 is 0.833 bits per heavy atom. The Bertz CT molecular complexity index is 945. The van der Waals surface area contributed by atoms with Crippen LogP contribution in [0.1, 0.15) is 23.3 Å². The molecule has 0 aliphatic carbocycles. The molecule has 0 amide bonds. The maximum Gasteiger partial charge on any atom is 0.231 e. The summed E-state index contributed by atoms with van der Waals surface area (Å²) >= 11 is 0. The molecular weight excluding hydrogens is 396 g/mol. The third kappa shape index (κ3) is 2.39. The number of phenolic OH excluding ortho intramolecular Hbond substituents is 2. The highest BCUT2D eigenvalue weighted by molar-refractivity contribution is 5.58. The number of fused-ring (bicyclic) bond motifs is 3. The van der Waals surface area contributed by atoms with E-state index in [9.17, 15) is 10.2 Å². The van der Waals surface area contributed by atoms with Gasteiger partial charge in [0.25, 0.3) is 0 Å². The SMILES string of the molecule is CO[C@@H]1O[C@H](c2ccc3c(c2O)OCO3)[C@H]2CO[C@H](c3ccc4c(c3O)OCO4)[C@@H]12. The maximum atomic E-state index is 10.7. The average molecular weight is 416 g/mol. The molecule has 30 heavy (non-hydrogen) atoms. The summed E-state index contributed by atoms with van der Waals surface area (Å²) in [5.41, 5.74) is 1.18. The molecule has 2 N–H and O–H groups in total. The second-order valence-corrected chi connectivity index (χ2v) is 7.63. The molecule has 0 spiro atoms. The third-order valence-corrected chi connectivity index (χ3v) is 6.23. The number of hydrogen-bond acceptors (Lipinski definition) is 9. The quantitative estimate of drug-likeness (QED) is 0.781. The van der Waals surface area contributed by atoms with Gasteiger partial charge in [-0.25, -0.2) is 0 Å². The topological polar surface area (TPSA) is 105 Å². The van der Waals surface area contributed by atoms with Gasteiger partial charge in [-0.1, -0.05) is 0 Å². The van der Waals surface area contributed by atoms with Crippen LogP contribution >= 0.6 is 0 Å². The van der Waals surface area contributed by atoms with E-state index in [1.54, 1.807) is 31.4 Å². The lowest BCUT2D eigenvalue weighted by Gasteiger charge is -2.23. The van der Waals surface area contributed by atoms with Crippen molar-refractivity contribution in [1.82, 2.24) is 0 Å². The Labute approximate surface area is 171 Å². The summed E-state index contributed by atoms with van der Waals surface area (Å²) in [6.45, 7) is 0.514. The van der Waals surface area contributed by atoms with Crippen LogP contribution in [0.5, 0.6) is 34.5 Å². The molecule has 6 rings (SSSR count). The van der Waals surface area contributed by atoms with Crippen LogP contribution in [-0.4, -0.2) is 43.8 Å². The lowest BCUT2D eigenvalue weighted by atomic mass is 9.83. The van der Waals surface area contributed by atoms with Crippen molar-refractivity contribution >= 4 is 0 Å². The summed E-state index contributed by atoms with van der Waals surface area (Å²) in [6.07, 6.45) is -1.51. The van der Waals surface area contributed by atoms with Gasteiger partial charge >= 0.3 is 0 Å². The number of methoxy groups -OCH3 is 1. The molecule has 2 aromatic rings. The van der Waals surface area contributed by atoms with Crippen LogP contribution in [0.4, 0.5) is 0 Å². The molecule has 5 atom stereocenters. The number of ether oxygens (including phenoxy) is 7. The first-order valence-electron chi connectivity index (χ1n) is 9.70. The fourth-order valence-electron chi connectivity index (χ4n) is 4.85. The van der Waals surface area contributed by atoms with Crippen LogP contribution in [0.25, 0.3) is 0 Å². The van der Waals surface area contributed by atoms with Crippen LogP contribution in [0.3, 0.4) is 0 Å². The summed E-state index contributed by atoms with van der Waals surface area (Å²) < 4.78 is 39.4. The fourth-order valence-corrected chi connectivity index (χ4v) is 4.85. The molecule has 9 heteroatoms. The van der Waals surface area contributed by atoms with E-state index in [1.165, 1.54) is 0 Å². The van der Waals surface area contributed by atoms with E-state index in [4.69, 9.17) is 33.2 Å². The summed E-state index contributed by atoms with van der Waals surface area (Å²) in [7, 11) is 1.57. The molecular formula is C21H20O9. The second kappa shape index (κ2) is 6.56. The van der Waals surface area contributed by atoms with E-state index in [0.717, 1.165) is 0 Å². The minimum absolute atomic E-state index is 0.000111. The van der Waals surface area contributed by atoms with Crippen LogP contribution in [0, 0.1) is 11.8 Å². The normalized spacial score (nSPS) is 30.6. The number of rotatable bonds is 3. The van der Waals surface area contributed by atoms with Gasteiger partial charge in [-0.2, -0.15) is 0 Å². The fraction of sp³-hybridized carbons (Fsp3) is 0.429. The Morgan fingerprint density at radius 2 is 1.43 bits per heavy atom. The molecule has 0 radical (unpaired) electrons. The minimum atomic E-state index is -0.581. The number of phenols is 2. The molecule has 4 aliphatic heterocycles. The number of benzene rings is 2. The maximum absolute atomic E-state index is 10.7. The highest BCUT2D eigenvalue weighted by atomic mass is 16.7. The molecule has 158 valence electrons. The van der Waals surface area contributed by atoms with E-state index in [0.29, 0.717) is 40.7 Å². The molecule has 4 heterocycles. The monoisotopic (exact) mass is 416 g/mol. The number of aromatic hydroxyl groups is 2. The van der Waals surface area contributed by atoms with E-state index in [1.807, 2.05) is 0 Å². The van der Waals surface area contributed by atoms with Gasteiger partial charge in [0.2, 0.25) is 25.1 Å². The van der Waals surface area contributed by atoms with Crippen molar-refractivity contribution in [3.63, 3.8) is 0 Å². The molecule has 2 saturated heterocycles. The van der Waals surface area contributed by atoms with Crippen molar-refractivity contribution in [3.05, 3.63) is 35.4 Å². The van der Waals surface area contributed by atoms with Gasteiger partial charge in [-0.3, -0.25) is 0 Å². The Morgan fingerprint density at radius 3 is 2.03 bits per heavy atom. The molecule has 0 aromatic heterocycles. The lowest BCUT2D eigenvalue weighted by Crippen LogP contribution is -2.24. The van der Waals surface area contributed by atoms with Crippen LogP contribution in [0.15, 0.2) is 24.3 Å². The standard InChI is InChI=1S/C21H20O9/c1-24-21-14-11(17(30-21)9-2-4-12-19(15(9)22)28-7-26-12)6-25-18(14)10-3-5-13-20(16(10)23)29-8-27-13/h2-5,11,14,17-18,21-23H,6-8H2,1H3/t11-,14-,17+,18+,21+/m0/s1. The number of hydrogen-bond donors (Lipinski definition) is 2. The molecule has 0 unspecified atom stereocenters. The minimum Gasteiger partial charge on any atom is -0.504 e. The van der Waals surface area contributed by atoms with E-state index >= 15 is 0 Å². The molecule has 2 aromatic carbocycles.